The molecule has 3 N–H and O–H groups in total. The van der Waals surface area contributed by atoms with Gasteiger partial charge in [0.1, 0.15) is 5.60 Å². The van der Waals surface area contributed by atoms with Crippen LogP contribution in [-0.4, -0.2) is 55.9 Å². The van der Waals surface area contributed by atoms with Gasteiger partial charge in [0.25, 0.3) is 0 Å². The molecular formula is C15H31N3O4S. The molecule has 1 amide bonds. The maximum atomic E-state index is 12.2. The summed E-state index contributed by atoms with van der Waals surface area (Å²) < 4.78 is 27.2. The minimum absolute atomic E-state index is 0.0137. The molecule has 0 bridgehead atoms. The van der Waals surface area contributed by atoms with Crippen molar-refractivity contribution in [3.63, 3.8) is 0 Å². The van der Waals surface area contributed by atoms with E-state index in [1.165, 1.54) is 0 Å². The lowest BCUT2D eigenvalue weighted by atomic mass is 10.1. The molecule has 1 aliphatic heterocycles. The van der Waals surface area contributed by atoms with Crippen LogP contribution in [0.25, 0.3) is 0 Å². The van der Waals surface area contributed by atoms with E-state index in [9.17, 15) is 13.2 Å². The fraction of sp³-hybridized carbons (Fsp3) is 0.933. The first-order chi connectivity index (χ1) is 10.5. The van der Waals surface area contributed by atoms with Gasteiger partial charge in [0.2, 0.25) is 10.0 Å². The molecule has 8 heteroatoms. The van der Waals surface area contributed by atoms with Gasteiger partial charge < -0.3 is 15.0 Å². The Kier molecular flexibility index (Phi) is 7.29. The number of primary sulfonamides is 1. The lowest BCUT2D eigenvalue weighted by molar-refractivity contribution is 0.0214. The van der Waals surface area contributed by atoms with Gasteiger partial charge in [-0.25, -0.2) is 18.4 Å². The van der Waals surface area contributed by atoms with Gasteiger partial charge in [-0.2, -0.15) is 0 Å². The molecule has 1 heterocycles. The van der Waals surface area contributed by atoms with Crippen LogP contribution in [0.2, 0.25) is 0 Å². The van der Waals surface area contributed by atoms with Crippen molar-refractivity contribution in [2.24, 2.45) is 5.14 Å². The number of likely N-dealkylation sites (tertiary alicyclic amines) is 1. The molecule has 7 nitrogen and oxygen atoms in total. The normalized spacial score (nSPS) is 20.6. The van der Waals surface area contributed by atoms with Crippen molar-refractivity contribution >= 4 is 16.1 Å². The van der Waals surface area contributed by atoms with Crippen LogP contribution in [0.15, 0.2) is 0 Å². The van der Waals surface area contributed by atoms with E-state index in [-0.39, 0.29) is 23.9 Å². The standard InChI is InChI=1S/C15H31N3O4S/c1-12(17-8-6-10-23(16,20)21)11-13-7-5-9-18(13)14(19)22-15(2,3)4/h12-13,17H,5-11H2,1-4H3,(H2,16,20,21). The number of ether oxygens (including phenoxy) is 1. The summed E-state index contributed by atoms with van der Waals surface area (Å²) >= 11 is 0. The Balaban J connectivity index is 2.38. The van der Waals surface area contributed by atoms with Gasteiger partial charge in [0.05, 0.1) is 5.75 Å². The van der Waals surface area contributed by atoms with Gasteiger partial charge in [0, 0.05) is 18.6 Å². The number of nitrogens with zero attached hydrogens (tertiary/aromatic N) is 1. The second-order valence-corrected chi connectivity index (χ2v) is 9.02. The number of hydrogen-bond acceptors (Lipinski definition) is 5. The molecule has 0 spiro atoms. The number of amides is 1. The third-order valence-electron chi connectivity index (χ3n) is 3.73. The van der Waals surface area contributed by atoms with E-state index in [4.69, 9.17) is 9.88 Å². The number of hydrogen-bond donors (Lipinski definition) is 2. The smallest absolute Gasteiger partial charge is 0.410 e. The molecule has 0 radical (unpaired) electrons. The molecule has 0 aromatic heterocycles. The molecule has 23 heavy (non-hydrogen) atoms. The summed E-state index contributed by atoms with van der Waals surface area (Å²) in [6.45, 7) is 8.97. The van der Waals surface area contributed by atoms with Crippen molar-refractivity contribution in [2.45, 2.75) is 71.1 Å². The first kappa shape index (κ1) is 20.2. The zero-order valence-electron chi connectivity index (χ0n) is 14.7. The highest BCUT2D eigenvalue weighted by molar-refractivity contribution is 7.89. The minimum atomic E-state index is -3.39. The fourth-order valence-electron chi connectivity index (χ4n) is 2.75. The third-order valence-corrected chi connectivity index (χ3v) is 4.59. The van der Waals surface area contributed by atoms with Crippen molar-refractivity contribution in [1.29, 1.82) is 0 Å². The van der Waals surface area contributed by atoms with Crippen LogP contribution in [0.4, 0.5) is 4.79 Å². The topological polar surface area (TPSA) is 102 Å². The van der Waals surface area contributed by atoms with Gasteiger partial charge in [-0.1, -0.05) is 0 Å². The van der Waals surface area contributed by atoms with Gasteiger partial charge in [-0.15, -0.1) is 0 Å². The summed E-state index contributed by atoms with van der Waals surface area (Å²) in [6.07, 6.45) is 3.03. The van der Waals surface area contributed by atoms with Crippen molar-refractivity contribution < 1.29 is 17.9 Å². The second kappa shape index (κ2) is 8.30. The largest absolute Gasteiger partial charge is 0.444 e. The van der Waals surface area contributed by atoms with Crippen LogP contribution >= 0.6 is 0 Å². The SMILES string of the molecule is CC(CC1CCCN1C(=O)OC(C)(C)C)NCCCS(N)(=O)=O. The van der Waals surface area contributed by atoms with Crippen molar-refractivity contribution in [3.05, 3.63) is 0 Å². The number of rotatable bonds is 7. The minimum Gasteiger partial charge on any atom is -0.444 e. The first-order valence-electron chi connectivity index (χ1n) is 8.21. The average molecular weight is 349 g/mol. The Labute approximate surface area is 140 Å². The number of nitrogens with one attached hydrogen (secondary N) is 1. The quantitative estimate of drug-likeness (QED) is 0.677. The summed E-state index contributed by atoms with van der Waals surface area (Å²) in [7, 11) is -3.39. The van der Waals surface area contributed by atoms with Gasteiger partial charge >= 0.3 is 6.09 Å². The van der Waals surface area contributed by atoms with Crippen LogP contribution in [0.1, 0.15) is 53.4 Å². The van der Waals surface area contributed by atoms with Crippen molar-refractivity contribution in [2.75, 3.05) is 18.8 Å². The predicted octanol–water partition coefficient (Wildman–Crippen LogP) is 1.43. The molecule has 0 aromatic carbocycles. The number of carbonyl (C=O) groups excluding carboxylic acids is 1. The van der Waals surface area contributed by atoms with E-state index < -0.39 is 15.6 Å². The van der Waals surface area contributed by atoms with E-state index in [2.05, 4.69) is 5.32 Å². The van der Waals surface area contributed by atoms with E-state index in [1.807, 2.05) is 32.6 Å². The maximum Gasteiger partial charge on any atom is 0.410 e. The van der Waals surface area contributed by atoms with Gasteiger partial charge in [-0.3, -0.25) is 0 Å². The summed E-state index contributed by atoms with van der Waals surface area (Å²) in [6, 6.07) is 0.370. The zero-order valence-corrected chi connectivity index (χ0v) is 15.5. The molecule has 2 unspecified atom stereocenters. The molecule has 1 rings (SSSR count). The summed E-state index contributed by atoms with van der Waals surface area (Å²) in [5.74, 6) is -0.0137. The summed E-state index contributed by atoms with van der Waals surface area (Å²) in [5.41, 5.74) is -0.484. The van der Waals surface area contributed by atoms with Crippen LogP contribution in [0.3, 0.4) is 0 Å². The molecule has 1 fully saturated rings. The highest BCUT2D eigenvalue weighted by Gasteiger charge is 2.32. The second-order valence-electron chi connectivity index (χ2n) is 7.28. The molecule has 1 aliphatic rings. The highest BCUT2D eigenvalue weighted by Crippen LogP contribution is 2.24. The Hall–Kier alpha value is -0.860. The van der Waals surface area contributed by atoms with Crippen molar-refractivity contribution in [3.8, 4) is 0 Å². The molecule has 0 aliphatic carbocycles. The average Bonchev–Trinajstić information content (AvgIpc) is 2.79. The molecule has 2 atom stereocenters. The summed E-state index contributed by atoms with van der Waals surface area (Å²) in [4.78, 5) is 14.0. The number of sulfonamides is 1. The first-order valence-corrected chi connectivity index (χ1v) is 9.93. The van der Waals surface area contributed by atoms with Gasteiger partial charge in [-0.05, 0) is 59.9 Å². The monoisotopic (exact) mass is 349 g/mol. The van der Waals surface area contributed by atoms with E-state index in [0.29, 0.717) is 13.0 Å². The van der Waals surface area contributed by atoms with Crippen LogP contribution in [0.5, 0.6) is 0 Å². The Morgan fingerprint density at radius 1 is 1.43 bits per heavy atom. The van der Waals surface area contributed by atoms with Crippen molar-refractivity contribution in [1.82, 2.24) is 10.2 Å². The van der Waals surface area contributed by atoms with Gasteiger partial charge in [0.15, 0.2) is 0 Å². The lowest BCUT2D eigenvalue weighted by Gasteiger charge is -2.30. The molecule has 0 saturated carbocycles. The molecule has 0 aromatic rings. The molecular weight excluding hydrogens is 318 g/mol. The van der Waals surface area contributed by atoms with E-state index in [1.54, 1.807) is 0 Å². The Bertz CT molecular complexity index is 487. The third kappa shape index (κ3) is 8.53. The molecule has 1 saturated heterocycles. The highest BCUT2D eigenvalue weighted by atomic mass is 32.2. The lowest BCUT2D eigenvalue weighted by Crippen LogP contribution is -2.42. The van der Waals surface area contributed by atoms with Crippen LogP contribution in [-0.2, 0) is 14.8 Å². The number of carbonyl (C=O) groups is 1. The Morgan fingerprint density at radius 2 is 2.09 bits per heavy atom. The fourth-order valence-corrected chi connectivity index (χ4v) is 3.30. The molecule has 136 valence electrons. The zero-order chi connectivity index (χ0) is 17.7. The Morgan fingerprint density at radius 3 is 2.65 bits per heavy atom. The number of nitrogens with two attached hydrogens (primary N) is 1. The van der Waals surface area contributed by atoms with E-state index in [0.717, 1.165) is 25.8 Å². The predicted molar refractivity (Wildman–Crippen MR) is 90.6 cm³/mol. The maximum absolute atomic E-state index is 12.2. The van der Waals surface area contributed by atoms with E-state index >= 15 is 0 Å². The van der Waals surface area contributed by atoms with Crippen LogP contribution in [0, 0.1) is 0 Å². The summed E-state index contributed by atoms with van der Waals surface area (Å²) in [5, 5.41) is 8.26. The van der Waals surface area contributed by atoms with Crippen LogP contribution < -0.4 is 10.5 Å².